The van der Waals surface area contributed by atoms with Crippen molar-refractivity contribution in [3.8, 4) is 5.88 Å². The smallest absolute Gasteiger partial charge is 0.255 e. The van der Waals surface area contributed by atoms with Gasteiger partial charge in [0.15, 0.2) is 5.88 Å². The summed E-state index contributed by atoms with van der Waals surface area (Å²) in [6.07, 6.45) is 0. The van der Waals surface area contributed by atoms with E-state index in [1.807, 2.05) is 0 Å². The Morgan fingerprint density at radius 1 is 1.48 bits per heavy atom. The number of hydrogen-bond acceptors (Lipinski definition) is 5. The number of nitrogens with one attached hydrogen (secondary N) is 3. The predicted molar refractivity (Wildman–Crippen MR) is 75.1 cm³/mol. The van der Waals surface area contributed by atoms with Crippen molar-refractivity contribution < 1.29 is 14.7 Å². The fourth-order valence-electron chi connectivity index (χ4n) is 2.29. The lowest BCUT2D eigenvalue weighted by atomic mass is 10.1. The maximum absolute atomic E-state index is 12.5. The van der Waals surface area contributed by atoms with E-state index < -0.39 is 17.5 Å². The molecular formula is C13H18N4O4. The minimum Gasteiger partial charge on any atom is -0.494 e. The third-order valence-corrected chi connectivity index (χ3v) is 3.23. The minimum absolute atomic E-state index is 0.0625. The number of nitrogens with zero attached hydrogens (tertiary/aromatic N) is 1. The van der Waals surface area contributed by atoms with Gasteiger partial charge in [-0.3, -0.25) is 19.4 Å². The van der Waals surface area contributed by atoms with Gasteiger partial charge in [-0.1, -0.05) is 0 Å². The van der Waals surface area contributed by atoms with Gasteiger partial charge in [-0.05, 0) is 6.92 Å². The molecule has 1 aliphatic rings. The van der Waals surface area contributed by atoms with Gasteiger partial charge in [0.05, 0.1) is 5.56 Å². The van der Waals surface area contributed by atoms with Crippen LogP contribution in [-0.4, -0.2) is 59.0 Å². The summed E-state index contributed by atoms with van der Waals surface area (Å²) >= 11 is 0. The summed E-state index contributed by atoms with van der Waals surface area (Å²) < 4.78 is 0. The molecule has 1 atom stereocenters. The standard InChI is InChI=1S/C13H18N4O4/c1-2-15-12(20)9-7-14-3-4-17(9)13(21)8-5-10(18)16-11(19)6-8/h5-6,9,14H,2-4,7H2,1H3,(H,15,20)(H2,16,18,19). The third kappa shape index (κ3) is 3.40. The molecule has 0 radical (unpaired) electrons. The molecule has 0 bridgehead atoms. The average molecular weight is 294 g/mol. The molecule has 8 heteroatoms. The Kier molecular flexibility index (Phi) is 4.59. The summed E-state index contributed by atoms with van der Waals surface area (Å²) in [5, 5.41) is 15.1. The molecule has 21 heavy (non-hydrogen) atoms. The second-order valence-electron chi connectivity index (χ2n) is 4.73. The van der Waals surface area contributed by atoms with Crippen molar-refractivity contribution in [1.29, 1.82) is 0 Å². The van der Waals surface area contributed by atoms with E-state index in [1.54, 1.807) is 6.92 Å². The van der Waals surface area contributed by atoms with Crippen LogP contribution in [0.25, 0.3) is 0 Å². The van der Waals surface area contributed by atoms with Crippen LogP contribution in [0.15, 0.2) is 16.9 Å². The van der Waals surface area contributed by atoms with Crippen LogP contribution in [0.2, 0.25) is 0 Å². The Morgan fingerprint density at radius 3 is 2.90 bits per heavy atom. The number of piperazine rings is 1. The summed E-state index contributed by atoms with van der Waals surface area (Å²) in [5.74, 6) is -1.07. The van der Waals surface area contributed by atoms with Gasteiger partial charge >= 0.3 is 0 Å². The van der Waals surface area contributed by atoms with Gasteiger partial charge in [0, 0.05) is 38.3 Å². The fraction of sp³-hybridized carbons (Fsp3) is 0.462. The van der Waals surface area contributed by atoms with Crippen LogP contribution in [0.3, 0.4) is 0 Å². The first-order chi connectivity index (χ1) is 10.0. The zero-order valence-electron chi connectivity index (χ0n) is 11.7. The lowest BCUT2D eigenvalue weighted by molar-refractivity contribution is -0.126. The molecule has 1 fully saturated rings. The van der Waals surface area contributed by atoms with Crippen molar-refractivity contribution >= 4 is 11.8 Å². The van der Waals surface area contributed by atoms with Crippen molar-refractivity contribution in [2.24, 2.45) is 0 Å². The molecule has 1 saturated heterocycles. The van der Waals surface area contributed by atoms with E-state index in [-0.39, 0.29) is 17.4 Å². The molecule has 0 aromatic carbocycles. The quantitative estimate of drug-likeness (QED) is 0.549. The largest absolute Gasteiger partial charge is 0.494 e. The molecule has 0 spiro atoms. The second kappa shape index (κ2) is 6.40. The lowest BCUT2D eigenvalue weighted by Crippen LogP contribution is -2.59. The number of carbonyl (C=O) groups excluding carboxylic acids is 2. The van der Waals surface area contributed by atoms with Gasteiger partial charge in [0.2, 0.25) is 5.91 Å². The van der Waals surface area contributed by atoms with Crippen molar-refractivity contribution in [3.63, 3.8) is 0 Å². The van der Waals surface area contributed by atoms with Crippen LogP contribution in [0.4, 0.5) is 0 Å². The van der Waals surface area contributed by atoms with E-state index in [2.05, 4.69) is 15.6 Å². The van der Waals surface area contributed by atoms with Crippen LogP contribution in [0, 0.1) is 0 Å². The van der Waals surface area contributed by atoms with Crippen LogP contribution < -0.4 is 16.2 Å². The molecule has 1 aliphatic heterocycles. The zero-order valence-corrected chi connectivity index (χ0v) is 11.7. The van der Waals surface area contributed by atoms with Gasteiger partial charge in [-0.2, -0.15) is 0 Å². The van der Waals surface area contributed by atoms with Gasteiger partial charge in [0.1, 0.15) is 6.04 Å². The molecule has 1 unspecified atom stereocenters. The van der Waals surface area contributed by atoms with Gasteiger partial charge in [-0.25, -0.2) is 0 Å². The summed E-state index contributed by atoms with van der Waals surface area (Å²) in [4.78, 5) is 39.4. The molecule has 1 aromatic rings. The van der Waals surface area contributed by atoms with Gasteiger partial charge in [0.25, 0.3) is 11.5 Å². The van der Waals surface area contributed by atoms with E-state index in [1.165, 1.54) is 11.0 Å². The van der Waals surface area contributed by atoms with Crippen molar-refractivity contribution in [2.75, 3.05) is 26.2 Å². The van der Waals surface area contributed by atoms with Crippen molar-refractivity contribution in [3.05, 3.63) is 28.0 Å². The van der Waals surface area contributed by atoms with E-state index in [0.717, 1.165) is 6.07 Å². The van der Waals surface area contributed by atoms with Crippen LogP contribution in [0.1, 0.15) is 17.3 Å². The van der Waals surface area contributed by atoms with Gasteiger partial charge < -0.3 is 20.6 Å². The monoisotopic (exact) mass is 294 g/mol. The molecule has 8 nitrogen and oxygen atoms in total. The fourth-order valence-corrected chi connectivity index (χ4v) is 2.29. The van der Waals surface area contributed by atoms with E-state index in [0.29, 0.717) is 26.2 Å². The van der Waals surface area contributed by atoms with E-state index in [4.69, 9.17) is 0 Å². The molecule has 114 valence electrons. The number of H-pyrrole nitrogens is 1. The van der Waals surface area contributed by atoms with E-state index in [9.17, 15) is 19.5 Å². The maximum atomic E-state index is 12.5. The summed E-state index contributed by atoms with van der Waals surface area (Å²) in [7, 11) is 0. The summed E-state index contributed by atoms with van der Waals surface area (Å²) in [6, 6.07) is 1.66. The second-order valence-corrected chi connectivity index (χ2v) is 4.73. The Labute approximate surface area is 121 Å². The Balaban J connectivity index is 2.26. The minimum atomic E-state index is -0.632. The highest BCUT2D eigenvalue weighted by Gasteiger charge is 2.32. The predicted octanol–water partition coefficient (Wildman–Crippen LogP) is -1.37. The van der Waals surface area contributed by atoms with E-state index >= 15 is 0 Å². The molecule has 2 rings (SSSR count). The first-order valence-corrected chi connectivity index (χ1v) is 6.75. The lowest BCUT2D eigenvalue weighted by Gasteiger charge is -2.35. The molecule has 2 amide bonds. The Hall–Kier alpha value is -2.35. The van der Waals surface area contributed by atoms with Crippen molar-refractivity contribution in [1.82, 2.24) is 20.5 Å². The number of amides is 2. The first kappa shape index (κ1) is 15.0. The Bertz CT molecular complexity index is 598. The highest BCUT2D eigenvalue weighted by atomic mass is 16.3. The number of carbonyl (C=O) groups is 2. The molecule has 0 saturated carbocycles. The molecule has 2 heterocycles. The third-order valence-electron chi connectivity index (χ3n) is 3.23. The normalized spacial score (nSPS) is 18.3. The number of rotatable bonds is 3. The highest BCUT2D eigenvalue weighted by molar-refractivity contribution is 5.98. The summed E-state index contributed by atoms with van der Waals surface area (Å²) in [5.41, 5.74) is -0.504. The number of aromatic amines is 1. The van der Waals surface area contributed by atoms with Crippen LogP contribution >= 0.6 is 0 Å². The van der Waals surface area contributed by atoms with Crippen LogP contribution in [-0.2, 0) is 4.79 Å². The molecule has 4 N–H and O–H groups in total. The maximum Gasteiger partial charge on any atom is 0.255 e. The molecular weight excluding hydrogens is 276 g/mol. The SMILES string of the molecule is CCNC(=O)C1CNCCN1C(=O)c1cc(O)[nH]c(=O)c1. The summed E-state index contributed by atoms with van der Waals surface area (Å²) in [6.45, 7) is 3.55. The topological polar surface area (TPSA) is 115 Å². The number of likely N-dealkylation sites (N-methyl/N-ethyl adjacent to an activating group) is 1. The van der Waals surface area contributed by atoms with Crippen LogP contribution in [0.5, 0.6) is 5.88 Å². The first-order valence-electron chi connectivity index (χ1n) is 6.75. The molecule has 1 aromatic heterocycles. The zero-order chi connectivity index (χ0) is 15.4. The highest BCUT2D eigenvalue weighted by Crippen LogP contribution is 2.12. The number of aromatic nitrogens is 1. The van der Waals surface area contributed by atoms with Gasteiger partial charge in [-0.15, -0.1) is 0 Å². The number of hydrogen-bond donors (Lipinski definition) is 4. The van der Waals surface area contributed by atoms with Crippen molar-refractivity contribution in [2.45, 2.75) is 13.0 Å². The number of pyridine rings is 1. The number of aromatic hydroxyl groups is 1. The molecule has 0 aliphatic carbocycles. The Morgan fingerprint density at radius 2 is 2.24 bits per heavy atom. The average Bonchev–Trinajstić information content (AvgIpc) is 2.45.